The third-order valence-electron chi connectivity index (χ3n) is 2.00. The SMILES string of the molecule is CCN(CC)C(=O)CC(C#N)NC. The summed E-state index contributed by atoms with van der Waals surface area (Å²) in [6.07, 6.45) is 0.259. The minimum absolute atomic E-state index is 0.0332. The van der Waals surface area contributed by atoms with Crippen molar-refractivity contribution in [3.05, 3.63) is 0 Å². The quantitative estimate of drug-likeness (QED) is 0.669. The topological polar surface area (TPSA) is 56.1 Å². The van der Waals surface area contributed by atoms with Gasteiger partial charge in [-0.3, -0.25) is 4.79 Å². The van der Waals surface area contributed by atoms with Gasteiger partial charge >= 0.3 is 0 Å². The predicted molar refractivity (Wildman–Crippen MR) is 51.0 cm³/mol. The molecule has 0 fully saturated rings. The maximum Gasteiger partial charge on any atom is 0.225 e. The van der Waals surface area contributed by atoms with Gasteiger partial charge in [0.2, 0.25) is 5.91 Å². The highest BCUT2D eigenvalue weighted by Crippen LogP contribution is 1.97. The first-order valence-electron chi connectivity index (χ1n) is 4.54. The van der Waals surface area contributed by atoms with Crippen LogP contribution in [-0.2, 0) is 4.79 Å². The zero-order valence-electron chi connectivity index (χ0n) is 8.50. The summed E-state index contributed by atoms with van der Waals surface area (Å²) in [5, 5.41) is 11.4. The largest absolute Gasteiger partial charge is 0.343 e. The van der Waals surface area contributed by atoms with E-state index in [1.165, 1.54) is 0 Å². The Morgan fingerprint density at radius 1 is 1.54 bits per heavy atom. The van der Waals surface area contributed by atoms with E-state index in [-0.39, 0.29) is 18.4 Å². The van der Waals surface area contributed by atoms with Crippen molar-refractivity contribution in [2.24, 2.45) is 0 Å². The van der Waals surface area contributed by atoms with Crippen molar-refractivity contribution in [3.63, 3.8) is 0 Å². The van der Waals surface area contributed by atoms with Gasteiger partial charge in [-0.2, -0.15) is 5.26 Å². The minimum atomic E-state index is -0.368. The van der Waals surface area contributed by atoms with E-state index in [9.17, 15) is 4.79 Å². The highest BCUT2D eigenvalue weighted by Gasteiger charge is 2.14. The summed E-state index contributed by atoms with van der Waals surface area (Å²) in [7, 11) is 1.68. The first-order chi connectivity index (χ1) is 6.19. The molecular formula is C9H17N3O. The van der Waals surface area contributed by atoms with Gasteiger partial charge in [-0.1, -0.05) is 0 Å². The lowest BCUT2D eigenvalue weighted by molar-refractivity contribution is -0.131. The van der Waals surface area contributed by atoms with Crippen molar-refractivity contribution >= 4 is 5.91 Å². The predicted octanol–water partition coefficient (Wildman–Crippen LogP) is 0.356. The Kier molecular flexibility index (Phi) is 5.90. The molecule has 0 spiro atoms. The van der Waals surface area contributed by atoms with Crippen LogP contribution in [0.25, 0.3) is 0 Å². The number of carbonyl (C=O) groups is 1. The average molecular weight is 183 g/mol. The summed E-state index contributed by atoms with van der Waals surface area (Å²) in [6, 6.07) is 1.66. The van der Waals surface area contributed by atoms with E-state index in [1.807, 2.05) is 19.9 Å². The van der Waals surface area contributed by atoms with E-state index in [0.29, 0.717) is 13.1 Å². The summed E-state index contributed by atoms with van der Waals surface area (Å²) in [6.45, 7) is 5.28. The minimum Gasteiger partial charge on any atom is -0.343 e. The van der Waals surface area contributed by atoms with Crippen molar-refractivity contribution in [1.29, 1.82) is 5.26 Å². The van der Waals surface area contributed by atoms with Crippen LogP contribution < -0.4 is 5.32 Å². The molecule has 0 aliphatic rings. The molecule has 0 aliphatic carbocycles. The summed E-state index contributed by atoms with van der Waals surface area (Å²) in [5.74, 6) is 0.0332. The van der Waals surface area contributed by atoms with Gasteiger partial charge in [0, 0.05) is 13.1 Å². The van der Waals surface area contributed by atoms with Crippen LogP contribution in [0.1, 0.15) is 20.3 Å². The van der Waals surface area contributed by atoms with Crippen LogP contribution in [0.5, 0.6) is 0 Å². The Morgan fingerprint density at radius 3 is 2.38 bits per heavy atom. The Hall–Kier alpha value is -1.08. The van der Waals surface area contributed by atoms with Crippen molar-refractivity contribution in [2.45, 2.75) is 26.3 Å². The fourth-order valence-electron chi connectivity index (χ4n) is 1.09. The first kappa shape index (κ1) is 11.9. The number of rotatable bonds is 5. The monoisotopic (exact) mass is 183 g/mol. The molecule has 4 nitrogen and oxygen atoms in total. The van der Waals surface area contributed by atoms with E-state index in [4.69, 9.17) is 5.26 Å². The molecule has 1 amide bonds. The number of hydrogen-bond donors (Lipinski definition) is 1. The molecule has 0 aliphatic heterocycles. The highest BCUT2D eigenvalue weighted by molar-refractivity contribution is 5.77. The lowest BCUT2D eigenvalue weighted by Crippen LogP contribution is -2.36. The van der Waals surface area contributed by atoms with Gasteiger partial charge in [0.15, 0.2) is 0 Å². The number of nitrogens with zero attached hydrogens (tertiary/aromatic N) is 2. The zero-order chi connectivity index (χ0) is 10.3. The van der Waals surface area contributed by atoms with E-state index >= 15 is 0 Å². The van der Waals surface area contributed by atoms with Crippen LogP contribution in [0.15, 0.2) is 0 Å². The Morgan fingerprint density at radius 2 is 2.08 bits per heavy atom. The standard InChI is InChI=1S/C9H17N3O/c1-4-12(5-2)9(13)6-8(7-10)11-3/h8,11H,4-6H2,1-3H3. The second-order valence-corrected chi connectivity index (χ2v) is 2.74. The molecule has 0 bridgehead atoms. The van der Waals surface area contributed by atoms with Crippen LogP contribution in [0.4, 0.5) is 0 Å². The molecule has 0 rings (SSSR count). The number of hydrogen-bond acceptors (Lipinski definition) is 3. The zero-order valence-corrected chi connectivity index (χ0v) is 8.50. The van der Waals surface area contributed by atoms with Gasteiger partial charge in [-0.05, 0) is 20.9 Å². The molecule has 74 valence electrons. The second kappa shape index (κ2) is 6.44. The summed E-state index contributed by atoms with van der Waals surface area (Å²) >= 11 is 0. The van der Waals surface area contributed by atoms with Crippen molar-refractivity contribution in [3.8, 4) is 6.07 Å². The maximum atomic E-state index is 11.5. The number of amides is 1. The van der Waals surface area contributed by atoms with Crippen LogP contribution >= 0.6 is 0 Å². The van der Waals surface area contributed by atoms with E-state index in [0.717, 1.165) is 0 Å². The van der Waals surface area contributed by atoms with Crippen LogP contribution in [0, 0.1) is 11.3 Å². The lowest BCUT2D eigenvalue weighted by Gasteiger charge is -2.19. The molecule has 0 aromatic rings. The third kappa shape index (κ3) is 3.90. The fourth-order valence-corrected chi connectivity index (χ4v) is 1.09. The second-order valence-electron chi connectivity index (χ2n) is 2.74. The normalized spacial score (nSPS) is 11.8. The molecule has 0 aromatic carbocycles. The van der Waals surface area contributed by atoms with E-state index < -0.39 is 0 Å². The fraction of sp³-hybridized carbons (Fsp3) is 0.778. The Labute approximate surface area is 79.5 Å². The van der Waals surface area contributed by atoms with Gasteiger partial charge < -0.3 is 10.2 Å². The van der Waals surface area contributed by atoms with Gasteiger partial charge in [0.25, 0.3) is 0 Å². The molecule has 13 heavy (non-hydrogen) atoms. The van der Waals surface area contributed by atoms with Gasteiger partial charge in [-0.15, -0.1) is 0 Å². The third-order valence-corrected chi connectivity index (χ3v) is 2.00. The van der Waals surface area contributed by atoms with Gasteiger partial charge in [0.05, 0.1) is 12.5 Å². The highest BCUT2D eigenvalue weighted by atomic mass is 16.2. The van der Waals surface area contributed by atoms with Crippen LogP contribution in [-0.4, -0.2) is 37.0 Å². The first-order valence-corrected chi connectivity index (χ1v) is 4.54. The molecule has 0 heterocycles. The molecule has 1 unspecified atom stereocenters. The van der Waals surface area contributed by atoms with Crippen molar-refractivity contribution < 1.29 is 4.79 Å². The smallest absolute Gasteiger partial charge is 0.225 e. The van der Waals surface area contributed by atoms with Crippen LogP contribution in [0.2, 0.25) is 0 Å². The number of nitriles is 1. The summed E-state index contributed by atoms with van der Waals surface area (Å²) in [4.78, 5) is 13.2. The molecule has 1 N–H and O–H groups in total. The average Bonchev–Trinajstić information content (AvgIpc) is 2.16. The van der Waals surface area contributed by atoms with Gasteiger partial charge in [-0.25, -0.2) is 0 Å². The Balaban J connectivity index is 4.05. The van der Waals surface area contributed by atoms with Crippen molar-refractivity contribution in [2.75, 3.05) is 20.1 Å². The molecule has 0 saturated carbocycles. The molecule has 4 heteroatoms. The summed E-state index contributed by atoms with van der Waals surface area (Å²) < 4.78 is 0. The Bertz CT molecular complexity index is 194. The molecule has 1 atom stereocenters. The maximum absolute atomic E-state index is 11.5. The van der Waals surface area contributed by atoms with Crippen molar-refractivity contribution in [1.82, 2.24) is 10.2 Å². The number of nitrogens with one attached hydrogen (secondary N) is 1. The molecular weight excluding hydrogens is 166 g/mol. The molecule has 0 aromatic heterocycles. The van der Waals surface area contributed by atoms with Crippen LogP contribution in [0.3, 0.4) is 0 Å². The summed E-state index contributed by atoms with van der Waals surface area (Å²) in [5.41, 5.74) is 0. The molecule has 0 saturated heterocycles. The van der Waals surface area contributed by atoms with Gasteiger partial charge in [0.1, 0.15) is 6.04 Å². The van der Waals surface area contributed by atoms with E-state index in [1.54, 1.807) is 11.9 Å². The number of carbonyl (C=O) groups excluding carboxylic acids is 1. The van der Waals surface area contributed by atoms with E-state index in [2.05, 4.69) is 5.32 Å². The lowest BCUT2D eigenvalue weighted by atomic mass is 10.2. The molecule has 0 radical (unpaired) electrons.